The fourth-order valence-electron chi connectivity index (χ4n) is 4.97. The van der Waals surface area contributed by atoms with Gasteiger partial charge in [0.25, 0.3) is 5.69 Å². The van der Waals surface area contributed by atoms with Crippen molar-refractivity contribution >= 4 is 63.0 Å². The van der Waals surface area contributed by atoms with Gasteiger partial charge in [-0.05, 0) is 52.5 Å². The zero-order valence-electron chi connectivity index (χ0n) is 21.3. The number of nitrogens with zero attached hydrogens (tertiary/aromatic N) is 7. The second-order valence-electron chi connectivity index (χ2n) is 9.07. The maximum absolute atomic E-state index is 11.4. The number of aromatic nitrogens is 2. The summed E-state index contributed by atoms with van der Waals surface area (Å²) in [4.78, 5) is 17.3. The molecule has 6 rings (SSSR count). The highest BCUT2D eigenvalue weighted by Gasteiger charge is 2.46. The van der Waals surface area contributed by atoms with E-state index in [4.69, 9.17) is 19.6 Å². The molecule has 1 fully saturated rings. The number of para-hydroxylation sites is 1. The molecule has 2 aliphatic rings. The Morgan fingerprint density at radius 2 is 1.90 bits per heavy atom. The number of morpholine rings is 1. The molecule has 1 atom stereocenters. The number of nitro groups is 1. The van der Waals surface area contributed by atoms with Crippen molar-refractivity contribution in [3.63, 3.8) is 0 Å². The van der Waals surface area contributed by atoms with Crippen LogP contribution in [0.5, 0.6) is 0 Å². The SMILES string of the molecule is Cc1nn(-c2ccccc2)c2c1P(=Nc1ccc([N+](=O)[O-])cc1Br)(N1CCOCC1)N(C)C(c1cccs1)=N2. The van der Waals surface area contributed by atoms with E-state index < -0.39 is 12.3 Å². The van der Waals surface area contributed by atoms with Gasteiger partial charge in [0, 0.05) is 32.3 Å². The summed E-state index contributed by atoms with van der Waals surface area (Å²) in [7, 11) is -0.716. The van der Waals surface area contributed by atoms with Crippen LogP contribution in [0, 0.1) is 17.0 Å². The van der Waals surface area contributed by atoms with Crippen LogP contribution in [0.2, 0.25) is 0 Å². The Hall–Kier alpha value is -3.15. The number of halogens is 1. The minimum absolute atomic E-state index is 0.00573. The third-order valence-electron chi connectivity index (χ3n) is 6.76. The van der Waals surface area contributed by atoms with Gasteiger partial charge in [0.1, 0.15) is 0 Å². The first-order valence-electron chi connectivity index (χ1n) is 12.3. The molecule has 0 aliphatic carbocycles. The van der Waals surface area contributed by atoms with Gasteiger partial charge >= 0.3 is 0 Å². The number of non-ortho nitro benzene ring substituents is 1. The molecule has 4 aromatic rings. The Bertz CT molecular complexity index is 1630. The van der Waals surface area contributed by atoms with Gasteiger partial charge in [0.05, 0.1) is 49.9 Å². The maximum Gasteiger partial charge on any atom is 0.270 e. The minimum atomic E-state index is -2.76. The van der Waals surface area contributed by atoms with Crippen molar-refractivity contribution in [2.45, 2.75) is 6.92 Å². The fraction of sp³-hybridized carbons (Fsp3) is 0.231. The van der Waals surface area contributed by atoms with Gasteiger partial charge < -0.3 is 9.41 Å². The van der Waals surface area contributed by atoms with E-state index >= 15 is 0 Å². The monoisotopic (exact) mass is 625 g/mol. The molecule has 10 nitrogen and oxygen atoms in total. The Kier molecular flexibility index (Phi) is 6.98. The summed E-state index contributed by atoms with van der Waals surface area (Å²) in [6.07, 6.45) is 0. The largest absolute Gasteiger partial charge is 0.379 e. The predicted octanol–water partition coefficient (Wildman–Crippen LogP) is 6.26. The number of ether oxygens (including phenoxy) is 1. The summed E-state index contributed by atoms with van der Waals surface area (Å²) in [5.41, 5.74) is 2.40. The summed E-state index contributed by atoms with van der Waals surface area (Å²) >= 11 is 5.20. The predicted molar refractivity (Wildman–Crippen MR) is 158 cm³/mol. The molecule has 0 amide bonds. The molecule has 39 heavy (non-hydrogen) atoms. The van der Waals surface area contributed by atoms with E-state index in [1.54, 1.807) is 17.4 Å². The van der Waals surface area contributed by atoms with E-state index in [0.717, 1.165) is 33.2 Å². The number of aliphatic imine (C=N–C) groups is 1. The van der Waals surface area contributed by atoms with Gasteiger partial charge in [-0.3, -0.25) is 10.1 Å². The molecule has 0 spiro atoms. The number of rotatable bonds is 5. The Labute approximate surface area is 238 Å². The van der Waals surface area contributed by atoms with Crippen molar-refractivity contribution in [2.75, 3.05) is 33.4 Å². The minimum Gasteiger partial charge on any atom is -0.379 e. The van der Waals surface area contributed by atoms with Crippen LogP contribution in [0.15, 0.2) is 80.3 Å². The first-order valence-corrected chi connectivity index (χ1v) is 15.6. The van der Waals surface area contributed by atoms with Crippen molar-refractivity contribution in [3.05, 3.63) is 91.2 Å². The molecule has 2 aromatic carbocycles. The Morgan fingerprint density at radius 1 is 1.13 bits per heavy atom. The van der Waals surface area contributed by atoms with Crippen LogP contribution in [0.1, 0.15) is 10.6 Å². The van der Waals surface area contributed by atoms with Crippen LogP contribution >= 0.6 is 34.6 Å². The summed E-state index contributed by atoms with van der Waals surface area (Å²) in [6.45, 7) is 4.53. The maximum atomic E-state index is 11.4. The molecule has 1 unspecified atom stereocenters. The Morgan fingerprint density at radius 3 is 2.56 bits per heavy atom. The van der Waals surface area contributed by atoms with E-state index in [1.807, 2.05) is 60.4 Å². The van der Waals surface area contributed by atoms with Crippen molar-refractivity contribution in [2.24, 2.45) is 9.74 Å². The fourth-order valence-corrected chi connectivity index (χ4v) is 10.2. The third kappa shape index (κ3) is 4.46. The summed E-state index contributed by atoms with van der Waals surface area (Å²) in [5.74, 6) is 1.57. The lowest BCUT2D eigenvalue weighted by Gasteiger charge is -2.46. The van der Waals surface area contributed by atoms with Crippen LogP contribution in [-0.4, -0.2) is 63.2 Å². The lowest BCUT2D eigenvalue weighted by atomic mass is 10.3. The highest BCUT2D eigenvalue weighted by Crippen LogP contribution is 2.62. The first kappa shape index (κ1) is 26.1. The standard InChI is InChI=1S/C26H25BrN7O3PS/c1-18-24-26(33(29-18)19-7-4-3-5-8-19)28-25(23-9-6-16-39-23)31(2)38(24,32-12-14-37-15-13-32)30-22-11-10-20(34(35)36)17-21(22)27/h3-11,16-17H,12-15H2,1-2H3. The normalized spacial score (nSPS) is 19.5. The molecular weight excluding hydrogens is 601 g/mol. The molecule has 13 heteroatoms. The number of aryl methyl sites for hydroxylation is 1. The van der Waals surface area contributed by atoms with Gasteiger partial charge in [-0.25, -0.2) is 19.1 Å². The van der Waals surface area contributed by atoms with Crippen LogP contribution < -0.4 is 5.30 Å². The van der Waals surface area contributed by atoms with E-state index in [2.05, 4.69) is 31.3 Å². The number of benzene rings is 2. The van der Waals surface area contributed by atoms with Gasteiger partial charge in [-0.15, -0.1) is 11.3 Å². The molecule has 0 radical (unpaired) electrons. The van der Waals surface area contributed by atoms with Gasteiger partial charge in [0.2, 0.25) is 0 Å². The third-order valence-corrected chi connectivity index (χ3v) is 12.1. The van der Waals surface area contributed by atoms with Gasteiger partial charge in [-0.1, -0.05) is 24.3 Å². The first-order chi connectivity index (χ1) is 18.9. The number of fused-ring (bicyclic) bond motifs is 1. The van der Waals surface area contributed by atoms with Crippen molar-refractivity contribution < 1.29 is 9.66 Å². The molecular formula is C26H25BrN7O3PS. The Balaban J connectivity index is 1.70. The number of nitro benzene ring substituents is 1. The average molecular weight is 626 g/mol. The lowest BCUT2D eigenvalue weighted by molar-refractivity contribution is -0.384. The van der Waals surface area contributed by atoms with Crippen LogP contribution in [0.4, 0.5) is 17.2 Å². The summed E-state index contributed by atoms with van der Waals surface area (Å²) < 4.78 is 18.4. The molecule has 2 aromatic heterocycles. The smallest absolute Gasteiger partial charge is 0.270 e. The van der Waals surface area contributed by atoms with Crippen LogP contribution in [0.25, 0.3) is 5.69 Å². The van der Waals surface area contributed by atoms with E-state index in [1.165, 1.54) is 12.1 Å². The molecule has 0 saturated carbocycles. The highest BCUT2D eigenvalue weighted by atomic mass is 79.9. The van der Waals surface area contributed by atoms with Gasteiger partial charge in [0.15, 0.2) is 19.0 Å². The van der Waals surface area contributed by atoms with E-state index in [0.29, 0.717) is 36.5 Å². The topological polar surface area (TPSA) is 101 Å². The van der Waals surface area contributed by atoms with Crippen LogP contribution in [-0.2, 0) is 4.74 Å². The summed E-state index contributed by atoms with van der Waals surface area (Å²) in [6, 6.07) is 18.8. The number of amidine groups is 1. The molecule has 4 heterocycles. The quantitative estimate of drug-likeness (QED) is 0.147. The van der Waals surface area contributed by atoms with E-state index in [9.17, 15) is 10.1 Å². The lowest BCUT2D eigenvalue weighted by Crippen LogP contribution is -2.45. The average Bonchev–Trinajstić information content (AvgIpc) is 3.60. The van der Waals surface area contributed by atoms with Crippen molar-refractivity contribution in [1.29, 1.82) is 0 Å². The second-order valence-corrected chi connectivity index (χ2v) is 13.8. The molecule has 1 saturated heterocycles. The molecule has 0 bridgehead atoms. The van der Waals surface area contributed by atoms with Crippen LogP contribution in [0.3, 0.4) is 0 Å². The molecule has 2 aliphatic heterocycles. The van der Waals surface area contributed by atoms with Crippen molar-refractivity contribution in [1.82, 2.24) is 19.1 Å². The number of hydrogen-bond acceptors (Lipinski definition) is 7. The zero-order valence-corrected chi connectivity index (χ0v) is 24.6. The van der Waals surface area contributed by atoms with Gasteiger partial charge in [-0.2, -0.15) is 5.10 Å². The summed E-state index contributed by atoms with van der Waals surface area (Å²) in [5, 5.41) is 19.5. The zero-order chi connectivity index (χ0) is 27.1. The molecule has 0 N–H and O–H groups in total. The number of hydrogen-bond donors (Lipinski definition) is 0. The molecule has 200 valence electrons. The number of thiophene rings is 1. The van der Waals surface area contributed by atoms with Crippen molar-refractivity contribution in [3.8, 4) is 5.69 Å². The highest BCUT2D eigenvalue weighted by molar-refractivity contribution is 9.10. The van der Waals surface area contributed by atoms with E-state index in [-0.39, 0.29) is 5.69 Å². The second kappa shape index (κ2) is 10.4.